The zero-order chi connectivity index (χ0) is 16.4. The van der Waals surface area contributed by atoms with Crippen LogP contribution in [0.1, 0.15) is 20.8 Å². The second-order valence-electron chi connectivity index (χ2n) is 4.92. The number of ether oxygens (including phenoxy) is 1. The first-order valence-electron chi connectivity index (χ1n) is 7.33. The van der Waals surface area contributed by atoms with E-state index in [0.717, 1.165) is 0 Å². The summed E-state index contributed by atoms with van der Waals surface area (Å²) < 4.78 is 28.1. The Labute approximate surface area is 127 Å². The molecule has 0 aromatic heterocycles. The number of aliphatic hydroxyl groups is 1. The zero-order valence-corrected chi connectivity index (χ0v) is 14.4. The van der Waals surface area contributed by atoms with E-state index in [0.29, 0.717) is 32.9 Å². The average Bonchev–Trinajstić information content (AvgIpc) is 2.38. The Balaban J connectivity index is 4.73. The first-order valence-corrected chi connectivity index (χ1v) is 9.05. The third kappa shape index (κ3) is 8.53. The summed E-state index contributed by atoms with van der Waals surface area (Å²) >= 11 is 0. The van der Waals surface area contributed by atoms with E-state index in [1.165, 1.54) is 0 Å². The lowest BCUT2D eigenvalue weighted by Crippen LogP contribution is -2.51. The summed E-state index contributed by atoms with van der Waals surface area (Å²) in [6.45, 7) is 7.00. The Bertz CT molecular complexity index is 342. The number of hydrogen-bond acceptors (Lipinski definition) is 6. The molecule has 0 aliphatic heterocycles. The van der Waals surface area contributed by atoms with Crippen molar-refractivity contribution in [3.8, 4) is 0 Å². The monoisotopic (exact) mass is 326 g/mol. The minimum atomic E-state index is -3.15. The fourth-order valence-electron chi connectivity index (χ4n) is 1.95. The van der Waals surface area contributed by atoms with Crippen molar-refractivity contribution >= 4 is 13.6 Å². The lowest BCUT2D eigenvalue weighted by Gasteiger charge is -2.33. The fraction of sp³-hybridized carbons (Fsp3) is 0.923. The molecule has 0 saturated heterocycles. The second kappa shape index (κ2) is 10.3. The minimum Gasteiger partial charge on any atom is -0.462 e. The van der Waals surface area contributed by atoms with Gasteiger partial charge in [-0.05, 0) is 20.8 Å². The molecule has 7 nitrogen and oxygen atoms in total. The standard InChI is InChI=1S/C13H29NO6P/c1-5-18-13(16)12-14(4,8-10-15)9-11-21(17,19-6-2)20-7-3/h15H,5-12H2,1-4H3/q+1. The van der Waals surface area contributed by atoms with E-state index in [-0.39, 0.29) is 29.8 Å². The third-order valence-electron chi connectivity index (χ3n) is 3.02. The number of hydrogen-bond donors (Lipinski definition) is 1. The van der Waals surface area contributed by atoms with Gasteiger partial charge in [0.05, 0.1) is 46.2 Å². The normalized spacial score (nSPS) is 14.7. The average molecular weight is 326 g/mol. The number of carbonyl (C=O) groups is 1. The van der Waals surface area contributed by atoms with Crippen LogP contribution >= 0.6 is 7.60 Å². The van der Waals surface area contributed by atoms with Gasteiger partial charge in [0.1, 0.15) is 6.54 Å². The van der Waals surface area contributed by atoms with E-state index in [2.05, 4.69) is 0 Å². The zero-order valence-electron chi connectivity index (χ0n) is 13.5. The summed E-state index contributed by atoms with van der Waals surface area (Å²) in [5.74, 6) is -0.337. The first-order chi connectivity index (χ1) is 9.84. The highest BCUT2D eigenvalue weighted by molar-refractivity contribution is 7.53. The van der Waals surface area contributed by atoms with Crippen LogP contribution in [0.15, 0.2) is 0 Å². The Morgan fingerprint density at radius 3 is 2.10 bits per heavy atom. The van der Waals surface area contributed by atoms with E-state index < -0.39 is 7.60 Å². The van der Waals surface area contributed by atoms with Crippen molar-refractivity contribution in [2.24, 2.45) is 0 Å². The van der Waals surface area contributed by atoms with Crippen LogP contribution in [-0.2, 0) is 23.1 Å². The summed E-state index contributed by atoms with van der Waals surface area (Å²) in [5, 5.41) is 9.18. The molecule has 0 aliphatic rings. The van der Waals surface area contributed by atoms with Crippen molar-refractivity contribution in [2.75, 3.05) is 59.3 Å². The summed E-state index contributed by atoms with van der Waals surface area (Å²) in [6, 6.07) is 0. The highest BCUT2D eigenvalue weighted by Gasteiger charge is 2.32. The van der Waals surface area contributed by atoms with Crippen LogP contribution in [0.5, 0.6) is 0 Å². The topological polar surface area (TPSA) is 82.1 Å². The lowest BCUT2D eigenvalue weighted by atomic mass is 10.4. The number of aliphatic hydroxyl groups excluding tert-OH is 1. The maximum Gasteiger partial charge on any atom is 0.361 e. The summed E-state index contributed by atoms with van der Waals surface area (Å²) in [6.07, 6.45) is 0.199. The Hall–Kier alpha value is -0.460. The molecular formula is C13H29NO6P+. The molecule has 0 saturated carbocycles. The number of nitrogens with zero attached hydrogens (tertiary/aromatic N) is 1. The Morgan fingerprint density at radius 1 is 1.10 bits per heavy atom. The number of likely N-dealkylation sites (N-methyl/N-ethyl adjacent to an activating group) is 1. The lowest BCUT2D eigenvalue weighted by molar-refractivity contribution is -0.900. The molecule has 1 unspecified atom stereocenters. The van der Waals surface area contributed by atoms with Crippen LogP contribution in [0.25, 0.3) is 0 Å². The van der Waals surface area contributed by atoms with E-state index in [1.807, 2.05) is 7.05 Å². The van der Waals surface area contributed by atoms with Crippen molar-refractivity contribution in [2.45, 2.75) is 20.8 Å². The molecule has 0 fully saturated rings. The van der Waals surface area contributed by atoms with E-state index in [4.69, 9.17) is 13.8 Å². The molecule has 126 valence electrons. The SMILES string of the molecule is CCOC(=O)C[N+](C)(CCO)CCP(=O)(OCC)OCC. The van der Waals surface area contributed by atoms with E-state index in [1.54, 1.807) is 20.8 Å². The fourth-order valence-corrected chi connectivity index (χ4v) is 3.80. The molecule has 0 aromatic rings. The predicted molar refractivity (Wildman–Crippen MR) is 80.2 cm³/mol. The number of carbonyl (C=O) groups excluding carboxylic acids is 1. The molecule has 0 aliphatic carbocycles. The van der Waals surface area contributed by atoms with Gasteiger partial charge in [-0.2, -0.15) is 0 Å². The van der Waals surface area contributed by atoms with Crippen molar-refractivity contribution in [1.82, 2.24) is 0 Å². The van der Waals surface area contributed by atoms with Gasteiger partial charge in [-0.15, -0.1) is 0 Å². The van der Waals surface area contributed by atoms with Crippen LogP contribution in [-0.4, -0.2) is 74.8 Å². The minimum absolute atomic E-state index is 0.0660. The molecule has 0 spiro atoms. The Morgan fingerprint density at radius 2 is 1.67 bits per heavy atom. The maximum absolute atomic E-state index is 12.4. The van der Waals surface area contributed by atoms with Crippen molar-refractivity contribution in [3.63, 3.8) is 0 Å². The van der Waals surface area contributed by atoms with Crippen LogP contribution in [0.4, 0.5) is 0 Å². The highest BCUT2D eigenvalue weighted by atomic mass is 31.2. The summed E-state index contributed by atoms with van der Waals surface area (Å²) in [4.78, 5) is 11.7. The van der Waals surface area contributed by atoms with Gasteiger partial charge in [0, 0.05) is 0 Å². The molecule has 0 bridgehead atoms. The van der Waals surface area contributed by atoms with Gasteiger partial charge in [0.25, 0.3) is 0 Å². The maximum atomic E-state index is 12.4. The first kappa shape index (κ1) is 20.5. The van der Waals surface area contributed by atoms with Crippen LogP contribution in [0.2, 0.25) is 0 Å². The van der Waals surface area contributed by atoms with Crippen LogP contribution < -0.4 is 0 Å². The van der Waals surface area contributed by atoms with Gasteiger partial charge in [0.2, 0.25) is 0 Å². The van der Waals surface area contributed by atoms with Gasteiger partial charge >= 0.3 is 13.6 Å². The van der Waals surface area contributed by atoms with Gasteiger partial charge in [-0.1, -0.05) is 0 Å². The summed E-state index contributed by atoms with van der Waals surface area (Å²) in [5.41, 5.74) is 0. The Kier molecular flexibility index (Phi) is 10.1. The van der Waals surface area contributed by atoms with Gasteiger partial charge in [-0.25, -0.2) is 4.79 Å². The molecule has 0 heterocycles. The second-order valence-corrected chi connectivity index (χ2v) is 7.11. The number of esters is 1. The predicted octanol–water partition coefficient (Wildman–Crippen LogP) is 1.25. The molecule has 8 heteroatoms. The third-order valence-corrected chi connectivity index (χ3v) is 5.07. The van der Waals surface area contributed by atoms with Crippen molar-refractivity contribution in [1.29, 1.82) is 0 Å². The smallest absolute Gasteiger partial charge is 0.361 e. The molecule has 1 atom stereocenters. The van der Waals surface area contributed by atoms with Crippen molar-refractivity contribution in [3.05, 3.63) is 0 Å². The molecule has 0 aromatic carbocycles. The molecule has 1 N–H and O–H groups in total. The van der Waals surface area contributed by atoms with Gasteiger partial charge in [0.15, 0.2) is 6.54 Å². The van der Waals surface area contributed by atoms with E-state index in [9.17, 15) is 14.5 Å². The van der Waals surface area contributed by atoms with Gasteiger partial charge < -0.3 is 23.4 Å². The highest BCUT2D eigenvalue weighted by Crippen LogP contribution is 2.47. The quantitative estimate of drug-likeness (QED) is 0.330. The van der Waals surface area contributed by atoms with Gasteiger partial charge in [-0.3, -0.25) is 4.57 Å². The van der Waals surface area contributed by atoms with Crippen LogP contribution in [0, 0.1) is 0 Å². The number of quaternary nitrogens is 1. The molecular weight excluding hydrogens is 297 g/mol. The molecule has 0 radical (unpaired) electrons. The molecule has 21 heavy (non-hydrogen) atoms. The molecule has 0 rings (SSSR count). The summed E-state index contributed by atoms with van der Waals surface area (Å²) in [7, 11) is -1.33. The van der Waals surface area contributed by atoms with Crippen molar-refractivity contribution < 1.29 is 32.7 Å². The van der Waals surface area contributed by atoms with Crippen LogP contribution in [0.3, 0.4) is 0 Å². The number of rotatable bonds is 12. The molecule has 0 amide bonds. The van der Waals surface area contributed by atoms with E-state index >= 15 is 0 Å². The largest absolute Gasteiger partial charge is 0.462 e.